The van der Waals surface area contributed by atoms with Gasteiger partial charge in [0.25, 0.3) is 0 Å². The van der Waals surface area contributed by atoms with E-state index in [1.165, 1.54) is 6.26 Å². The molecule has 2 atom stereocenters. The highest BCUT2D eigenvalue weighted by molar-refractivity contribution is 7.91. The average molecular weight is 336 g/mol. The summed E-state index contributed by atoms with van der Waals surface area (Å²) in [5.41, 5.74) is 2.33. The molecule has 1 heterocycles. The molecule has 2 rings (SSSR count). The predicted molar refractivity (Wildman–Crippen MR) is 90.0 cm³/mol. The third-order valence-corrected chi connectivity index (χ3v) is 6.17. The molecule has 1 aliphatic carbocycles. The van der Waals surface area contributed by atoms with Gasteiger partial charge in [-0.05, 0) is 37.7 Å². The van der Waals surface area contributed by atoms with E-state index >= 15 is 0 Å². The molecule has 23 heavy (non-hydrogen) atoms. The summed E-state index contributed by atoms with van der Waals surface area (Å²) >= 11 is 0. The van der Waals surface area contributed by atoms with Crippen molar-refractivity contribution in [2.75, 3.05) is 11.6 Å². The topological polar surface area (TPSA) is 95.7 Å². The predicted octanol–water partition coefficient (Wildman–Crippen LogP) is 2.24. The maximum atomic E-state index is 11.8. The fourth-order valence-corrected chi connectivity index (χ4v) is 4.43. The quantitative estimate of drug-likeness (QED) is 0.886. The smallest absolute Gasteiger partial charge is 0.167 e. The first-order chi connectivity index (χ1) is 10.9. The molecule has 0 radical (unpaired) electrons. The molecular weight excluding hydrogens is 312 g/mol. The van der Waals surface area contributed by atoms with Gasteiger partial charge in [-0.1, -0.05) is 20.3 Å². The van der Waals surface area contributed by atoms with Crippen molar-refractivity contribution in [1.82, 2.24) is 10.2 Å². The Morgan fingerprint density at radius 3 is 2.57 bits per heavy atom. The van der Waals surface area contributed by atoms with Crippen LogP contribution in [0.3, 0.4) is 0 Å². The van der Waals surface area contributed by atoms with Gasteiger partial charge < -0.3 is 5.32 Å². The Labute approximate surface area is 138 Å². The standard InChI is InChI=1S/C16H24N4O2S/c1-4-13-14(10-17)16(20-19-15(13)5-2)18-11-7-6-8-12(9-11)23(3,21)22/h11-12H,4-9H2,1-3H3,(H,18,20). The first kappa shape index (κ1) is 17.7. The molecule has 0 spiro atoms. The number of nitrogens with zero attached hydrogens (tertiary/aromatic N) is 3. The third-order valence-electron chi connectivity index (χ3n) is 4.53. The molecule has 0 bridgehead atoms. The molecule has 0 aliphatic heterocycles. The molecule has 2 unspecified atom stereocenters. The molecular formula is C16H24N4O2S. The van der Waals surface area contributed by atoms with Crippen LogP contribution in [0.4, 0.5) is 5.82 Å². The van der Waals surface area contributed by atoms with Gasteiger partial charge in [-0.25, -0.2) is 8.42 Å². The highest BCUT2D eigenvalue weighted by Gasteiger charge is 2.29. The van der Waals surface area contributed by atoms with E-state index in [4.69, 9.17) is 0 Å². The molecule has 0 saturated heterocycles. The summed E-state index contributed by atoms with van der Waals surface area (Å²) in [5.74, 6) is 0.487. The Bertz CT molecular complexity index is 710. The molecule has 1 aromatic rings. The van der Waals surface area contributed by atoms with E-state index in [-0.39, 0.29) is 11.3 Å². The van der Waals surface area contributed by atoms with Crippen molar-refractivity contribution in [3.8, 4) is 6.07 Å². The number of anilines is 1. The molecule has 0 amide bonds. The molecule has 1 saturated carbocycles. The minimum absolute atomic E-state index is 0.0158. The second-order valence-electron chi connectivity index (χ2n) is 6.13. The van der Waals surface area contributed by atoms with E-state index in [0.29, 0.717) is 24.2 Å². The Morgan fingerprint density at radius 1 is 1.26 bits per heavy atom. The average Bonchev–Trinajstić information content (AvgIpc) is 2.53. The van der Waals surface area contributed by atoms with Gasteiger partial charge in [-0.15, -0.1) is 5.10 Å². The monoisotopic (exact) mass is 336 g/mol. The van der Waals surface area contributed by atoms with Crippen molar-refractivity contribution in [3.05, 3.63) is 16.8 Å². The molecule has 1 fully saturated rings. The number of hydrogen-bond acceptors (Lipinski definition) is 6. The van der Waals surface area contributed by atoms with E-state index in [1.54, 1.807) is 0 Å². The van der Waals surface area contributed by atoms with Crippen LogP contribution >= 0.6 is 0 Å². The summed E-state index contributed by atoms with van der Waals surface area (Å²) in [5, 5.41) is 20.9. The summed E-state index contributed by atoms with van der Waals surface area (Å²) in [6.07, 6.45) is 5.78. The van der Waals surface area contributed by atoms with Gasteiger partial charge in [0.05, 0.1) is 10.9 Å². The Hall–Kier alpha value is -1.68. The second-order valence-corrected chi connectivity index (χ2v) is 8.45. The van der Waals surface area contributed by atoms with Crippen molar-refractivity contribution in [2.24, 2.45) is 0 Å². The first-order valence-corrected chi connectivity index (χ1v) is 10.1. The number of sulfone groups is 1. The van der Waals surface area contributed by atoms with Crippen LogP contribution in [0.15, 0.2) is 0 Å². The number of nitrogens with one attached hydrogen (secondary N) is 1. The molecule has 126 valence electrons. The maximum absolute atomic E-state index is 11.8. The first-order valence-electron chi connectivity index (χ1n) is 8.14. The maximum Gasteiger partial charge on any atom is 0.167 e. The van der Waals surface area contributed by atoms with E-state index in [1.807, 2.05) is 13.8 Å². The van der Waals surface area contributed by atoms with Crippen LogP contribution in [-0.4, -0.2) is 36.2 Å². The van der Waals surface area contributed by atoms with Gasteiger partial charge in [0.15, 0.2) is 5.82 Å². The van der Waals surface area contributed by atoms with Crippen LogP contribution in [0, 0.1) is 11.3 Å². The highest BCUT2D eigenvalue weighted by atomic mass is 32.2. The molecule has 1 aliphatic rings. The lowest BCUT2D eigenvalue weighted by molar-refractivity contribution is 0.451. The minimum Gasteiger partial charge on any atom is -0.365 e. The summed E-state index contributed by atoms with van der Waals surface area (Å²) in [7, 11) is -3.03. The van der Waals surface area contributed by atoms with Crippen LogP contribution in [0.5, 0.6) is 0 Å². The lowest BCUT2D eigenvalue weighted by Gasteiger charge is -2.29. The van der Waals surface area contributed by atoms with Gasteiger partial charge in [0.1, 0.15) is 21.5 Å². The zero-order valence-corrected chi connectivity index (χ0v) is 14.8. The number of rotatable bonds is 5. The normalized spacial score (nSPS) is 21.7. The molecule has 7 heteroatoms. The fraction of sp³-hybridized carbons (Fsp3) is 0.688. The molecule has 1 aromatic heterocycles. The van der Waals surface area contributed by atoms with Gasteiger partial charge in [-0.2, -0.15) is 10.4 Å². The highest BCUT2D eigenvalue weighted by Crippen LogP contribution is 2.28. The number of nitriles is 1. The van der Waals surface area contributed by atoms with Crippen molar-refractivity contribution >= 4 is 15.7 Å². The van der Waals surface area contributed by atoms with Gasteiger partial charge >= 0.3 is 0 Å². The fourth-order valence-electron chi connectivity index (χ4n) is 3.25. The van der Waals surface area contributed by atoms with E-state index in [2.05, 4.69) is 21.6 Å². The van der Waals surface area contributed by atoms with Gasteiger partial charge in [-0.3, -0.25) is 0 Å². The van der Waals surface area contributed by atoms with Crippen molar-refractivity contribution in [3.63, 3.8) is 0 Å². The SMILES string of the molecule is CCc1nnc(NC2CCCC(S(C)(=O)=O)C2)c(C#N)c1CC. The zero-order chi connectivity index (χ0) is 17.0. The van der Waals surface area contributed by atoms with Crippen LogP contribution in [0.1, 0.15) is 56.4 Å². The summed E-state index contributed by atoms with van der Waals surface area (Å²) in [6, 6.07) is 2.25. The largest absolute Gasteiger partial charge is 0.365 e. The summed E-state index contributed by atoms with van der Waals surface area (Å²) in [6.45, 7) is 4.00. The summed E-state index contributed by atoms with van der Waals surface area (Å²) in [4.78, 5) is 0. The van der Waals surface area contributed by atoms with Crippen molar-refractivity contribution in [2.45, 2.75) is 63.7 Å². The zero-order valence-electron chi connectivity index (χ0n) is 14.0. The lowest BCUT2D eigenvalue weighted by Crippen LogP contribution is -2.34. The molecule has 0 aromatic carbocycles. The molecule has 1 N–H and O–H groups in total. The van der Waals surface area contributed by atoms with Crippen LogP contribution < -0.4 is 5.32 Å². The van der Waals surface area contributed by atoms with Crippen molar-refractivity contribution < 1.29 is 8.42 Å². The minimum atomic E-state index is -3.03. The van der Waals surface area contributed by atoms with E-state index in [9.17, 15) is 13.7 Å². The van der Waals surface area contributed by atoms with E-state index in [0.717, 1.165) is 36.9 Å². The van der Waals surface area contributed by atoms with Gasteiger partial charge in [0.2, 0.25) is 0 Å². The number of aryl methyl sites for hydroxylation is 1. The van der Waals surface area contributed by atoms with Crippen molar-refractivity contribution in [1.29, 1.82) is 5.26 Å². The van der Waals surface area contributed by atoms with Crippen LogP contribution in [0.2, 0.25) is 0 Å². The van der Waals surface area contributed by atoms with E-state index < -0.39 is 9.84 Å². The third kappa shape index (κ3) is 3.99. The summed E-state index contributed by atoms with van der Waals surface area (Å²) < 4.78 is 23.6. The van der Waals surface area contributed by atoms with Gasteiger partial charge in [0, 0.05) is 12.3 Å². The van der Waals surface area contributed by atoms with Crippen LogP contribution in [-0.2, 0) is 22.7 Å². The lowest BCUT2D eigenvalue weighted by atomic mass is 9.94. The number of aromatic nitrogens is 2. The Kier molecular flexibility index (Phi) is 5.58. The number of hydrogen-bond donors (Lipinski definition) is 1. The second kappa shape index (κ2) is 7.26. The Morgan fingerprint density at radius 2 is 2.00 bits per heavy atom. The Balaban J connectivity index is 2.25. The molecule has 6 nitrogen and oxygen atoms in total. The van der Waals surface area contributed by atoms with Crippen LogP contribution in [0.25, 0.3) is 0 Å².